The van der Waals surface area contributed by atoms with Crippen molar-refractivity contribution in [3.05, 3.63) is 65.3 Å². The summed E-state index contributed by atoms with van der Waals surface area (Å²) in [6.07, 6.45) is 4.14. The van der Waals surface area contributed by atoms with E-state index in [1.165, 1.54) is 0 Å². The first-order valence-corrected chi connectivity index (χ1v) is 13.3. The average Bonchev–Trinajstić information content (AvgIpc) is 3.50. The van der Waals surface area contributed by atoms with E-state index in [0.29, 0.717) is 37.9 Å². The van der Waals surface area contributed by atoms with Crippen LogP contribution in [0.4, 0.5) is 11.6 Å². The zero-order chi connectivity index (χ0) is 28.4. The maximum absolute atomic E-state index is 13.1. The average molecular weight is 546 g/mol. The van der Waals surface area contributed by atoms with E-state index >= 15 is 0 Å². The van der Waals surface area contributed by atoms with Crippen molar-refractivity contribution in [2.24, 2.45) is 7.05 Å². The number of nitrogens with one attached hydrogen (secondary N) is 2. The molecule has 4 aromatic rings. The van der Waals surface area contributed by atoms with E-state index in [4.69, 9.17) is 9.40 Å². The van der Waals surface area contributed by atoms with Crippen LogP contribution in [-0.4, -0.2) is 65.6 Å². The summed E-state index contributed by atoms with van der Waals surface area (Å²) < 4.78 is 7.45. The van der Waals surface area contributed by atoms with E-state index in [0.717, 1.165) is 33.8 Å². The lowest BCUT2D eigenvalue weighted by atomic mass is 9.96. The van der Waals surface area contributed by atoms with Gasteiger partial charge in [0.25, 0.3) is 0 Å². The molecule has 4 heterocycles. The summed E-state index contributed by atoms with van der Waals surface area (Å²) in [4.78, 5) is 24.4. The molecule has 12 nitrogen and oxygen atoms in total. The summed E-state index contributed by atoms with van der Waals surface area (Å²) in [7, 11) is 1.88. The van der Waals surface area contributed by atoms with Crippen LogP contribution in [-0.2, 0) is 19.0 Å². The number of aromatic nitrogens is 6. The van der Waals surface area contributed by atoms with Crippen LogP contribution in [0.5, 0.6) is 0 Å². The molecule has 1 aromatic carbocycles. The van der Waals surface area contributed by atoms with E-state index in [9.17, 15) is 9.90 Å². The van der Waals surface area contributed by atoms with Crippen molar-refractivity contribution < 1.29 is 14.3 Å². The Balaban J connectivity index is 1.42. The van der Waals surface area contributed by atoms with Gasteiger partial charge in [-0.25, -0.2) is 9.97 Å². The summed E-state index contributed by atoms with van der Waals surface area (Å²) in [6, 6.07) is 7.74. The third-order valence-electron chi connectivity index (χ3n) is 7.06. The molecule has 0 saturated carbocycles. The number of rotatable bonds is 7. The van der Waals surface area contributed by atoms with Crippen molar-refractivity contribution in [1.82, 2.24) is 40.2 Å². The number of amides is 1. The van der Waals surface area contributed by atoms with Gasteiger partial charge in [-0.15, -0.1) is 10.2 Å². The molecule has 5 rings (SSSR count). The molecule has 0 unspecified atom stereocenters. The van der Waals surface area contributed by atoms with Crippen molar-refractivity contribution in [3.8, 4) is 11.3 Å². The molecule has 0 saturated heterocycles. The fourth-order valence-electron chi connectivity index (χ4n) is 4.67. The number of hydrogen-bond acceptors (Lipinski definition) is 10. The number of aliphatic hydroxyl groups excluding tert-OH is 1. The molecule has 0 spiro atoms. The minimum absolute atomic E-state index is 0.0515. The predicted octanol–water partition coefficient (Wildman–Crippen LogP) is 3.28. The Hall–Kier alpha value is -4.16. The fraction of sp³-hybridized carbons (Fsp3) is 0.429. The minimum atomic E-state index is -0.407. The molecule has 210 valence electrons. The SMILES string of the molecule is Cc1c(Nc2nccc(-c3ccc4c(c3)CN(CCO)CC[C@@H]4NC(=O)c3nnc(C(C)(C)C)o3)n2)cnn1C. The van der Waals surface area contributed by atoms with Gasteiger partial charge in [0, 0.05) is 43.9 Å². The van der Waals surface area contributed by atoms with Gasteiger partial charge in [0.2, 0.25) is 11.8 Å². The van der Waals surface area contributed by atoms with Crippen molar-refractivity contribution in [1.29, 1.82) is 0 Å². The molecule has 0 fully saturated rings. The Bertz CT molecular complexity index is 1500. The Labute approximate surface area is 232 Å². The molecular formula is C28H35N9O3. The van der Waals surface area contributed by atoms with Gasteiger partial charge < -0.3 is 20.2 Å². The summed E-state index contributed by atoms with van der Waals surface area (Å²) in [5, 5.41) is 28.2. The topological polar surface area (TPSA) is 147 Å². The van der Waals surface area contributed by atoms with Crippen LogP contribution >= 0.6 is 0 Å². The molecule has 0 bridgehead atoms. The highest BCUT2D eigenvalue weighted by Gasteiger charge is 2.28. The molecule has 0 aliphatic carbocycles. The summed E-state index contributed by atoms with van der Waals surface area (Å²) in [5.41, 5.74) is 5.21. The van der Waals surface area contributed by atoms with Gasteiger partial charge >= 0.3 is 11.8 Å². The molecule has 3 aromatic heterocycles. The van der Waals surface area contributed by atoms with Gasteiger partial charge in [0.05, 0.1) is 35.9 Å². The van der Waals surface area contributed by atoms with Crippen LogP contribution in [0.15, 0.2) is 41.1 Å². The second-order valence-corrected chi connectivity index (χ2v) is 11.0. The van der Waals surface area contributed by atoms with E-state index < -0.39 is 5.91 Å². The lowest BCUT2D eigenvalue weighted by Crippen LogP contribution is -2.31. The first kappa shape index (κ1) is 27.4. The maximum atomic E-state index is 13.1. The standard InChI is InChI=1S/C28H35N9O3/c1-17-23(15-30-36(17)5)33-27-29-10-8-21(32-27)18-6-7-20-19(14-18)16-37(12-13-38)11-9-22(20)31-24(39)25-34-35-26(40-25)28(2,3)4/h6-8,10,14-15,22,38H,9,11-13,16H2,1-5H3,(H,31,39)(H,29,32,33)/t22-/m0/s1. The van der Waals surface area contributed by atoms with Gasteiger partial charge in [0.15, 0.2) is 0 Å². The highest BCUT2D eigenvalue weighted by atomic mass is 16.4. The Morgan fingerprint density at radius 1 is 1.23 bits per heavy atom. The van der Waals surface area contributed by atoms with Crippen molar-refractivity contribution in [2.75, 3.05) is 25.0 Å². The monoisotopic (exact) mass is 545 g/mol. The van der Waals surface area contributed by atoms with E-state index in [1.807, 2.05) is 52.9 Å². The quantitative estimate of drug-likeness (QED) is 0.316. The first-order chi connectivity index (χ1) is 19.1. The zero-order valence-corrected chi connectivity index (χ0v) is 23.5. The van der Waals surface area contributed by atoms with Crippen LogP contribution < -0.4 is 10.6 Å². The number of anilines is 2. The van der Waals surface area contributed by atoms with Crippen LogP contribution in [0.2, 0.25) is 0 Å². The lowest BCUT2D eigenvalue weighted by molar-refractivity contribution is 0.0893. The Morgan fingerprint density at radius 3 is 2.75 bits per heavy atom. The number of hydrogen-bond donors (Lipinski definition) is 3. The largest absolute Gasteiger partial charge is 0.416 e. The number of carbonyl (C=O) groups is 1. The highest BCUT2D eigenvalue weighted by molar-refractivity contribution is 5.89. The smallest absolute Gasteiger partial charge is 0.309 e. The summed E-state index contributed by atoms with van der Waals surface area (Å²) >= 11 is 0. The molecule has 12 heteroatoms. The van der Waals surface area contributed by atoms with Crippen LogP contribution in [0.1, 0.15) is 66.6 Å². The number of carbonyl (C=O) groups excluding carboxylic acids is 1. The number of fused-ring (bicyclic) bond motifs is 1. The van der Waals surface area contributed by atoms with Gasteiger partial charge in [0.1, 0.15) is 0 Å². The molecule has 1 aliphatic heterocycles. The highest BCUT2D eigenvalue weighted by Crippen LogP contribution is 2.31. The molecule has 1 atom stereocenters. The Morgan fingerprint density at radius 2 is 2.05 bits per heavy atom. The normalized spacial score (nSPS) is 15.9. The van der Waals surface area contributed by atoms with Crippen molar-refractivity contribution >= 4 is 17.5 Å². The summed E-state index contributed by atoms with van der Waals surface area (Å²) in [6.45, 7) is 9.76. The molecule has 3 N–H and O–H groups in total. The van der Waals surface area contributed by atoms with Crippen molar-refractivity contribution in [2.45, 2.75) is 52.1 Å². The first-order valence-electron chi connectivity index (χ1n) is 13.3. The summed E-state index contributed by atoms with van der Waals surface area (Å²) in [5.74, 6) is 0.431. The maximum Gasteiger partial charge on any atom is 0.309 e. The second-order valence-electron chi connectivity index (χ2n) is 11.0. The molecule has 1 aliphatic rings. The molecule has 0 radical (unpaired) electrons. The van der Waals surface area contributed by atoms with Crippen LogP contribution in [0.25, 0.3) is 11.3 Å². The van der Waals surface area contributed by atoms with Crippen molar-refractivity contribution in [3.63, 3.8) is 0 Å². The fourth-order valence-corrected chi connectivity index (χ4v) is 4.67. The number of aryl methyl sites for hydroxylation is 1. The van der Waals surface area contributed by atoms with Gasteiger partial charge in [-0.2, -0.15) is 5.10 Å². The van der Waals surface area contributed by atoms with Gasteiger partial charge in [-0.3, -0.25) is 14.4 Å². The minimum Gasteiger partial charge on any atom is -0.416 e. The molecular weight excluding hydrogens is 510 g/mol. The predicted molar refractivity (Wildman–Crippen MR) is 149 cm³/mol. The van der Waals surface area contributed by atoms with Crippen LogP contribution in [0.3, 0.4) is 0 Å². The Kier molecular flexibility index (Phi) is 7.63. The second kappa shape index (κ2) is 11.1. The number of β-amino-alcohol motifs (C(OH)–C–C–N with tert-alkyl or cyclic N) is 1. The number of benzene rings is 1. The zero-order valence-electron chi connectivity index (χ0n) is 23.5. The van der Waals surface area contributed by atoms with Crippen LogP contribution in [0, 0.1) is 6.92 Å². The lowest BCUT2D eigenvalue weighted by Gasteiger charge is -2.19. The number of nitrogens with zero attached hydrogens (tertiary/aromatic N) is 7. The van der Waals surface area contributed by atoms with E-state index in [2.05, 4.69) is 41.9 Å². The third-order valence-corrected chi connectivity index (χ3v) is 7.06. The van der Waals surface area contributed by atoms with Gasteiger partial charge in [-0.05, 0) is 36.6 Å². The number of aliphatic hydroxyl groups is 1. The molecule has 40 heavy (non-hydrogen) atoms. The van der Waals surface area contributed by atoms with E-state index in [-0.39, 0.29) is 24.0 Å². The van der Waals surface area contributed by atoms with Gasteiger partial charge in [-0.1, -0.05) is 32.9 Å². The van der Waals surface area contributed by atoms with E-state index in [1.54, 1.807) is 17.1 Å². The third kappa shape index (κ3) is 5.87. The molecule has 1 amide bonds.